The molecule has 0 heterocycles. The number of nitrogens with zero attached hydrogens (tertiary/aromatic N) is 1. The summed E-state index contributed by atoms with van der Waals surface area (Å²) in [6, 6.07) is 9.58. The normalized spacial score (nSPS) is 12.9. The van der Waals surface area contributed by atoms with Crippen LogP contribution in [0, 0.1) is 5.82 Å². The zero-order valence-corrected chi connectivity index (χ0v) is 16.6. The Hall–Kier alpha value is -0.820. The van der Waals surface area contributed by atoms with Crippen molar-refractivity contribution in [1.29, 1.82) is 0 Å². The smallest absolute Gasteiger partial charge is 0.263 e. The third-order valence-electron chi connectivity index (χ3n) is 3.31. The van der Waals surface area contributed by atoms with Crippen LogP contribution in [0.2, 0.25) is 10.0 Å². The summed E-state index contributed by atoms with van der Waals surface area (Å²) in [6.07, 6.45) is 0.499. The third-order valence-corrected chi connectivity index (χ3v) is 6.08. The molecule has 0 aliphatic heterocycles. The van der Waals surface area contributed by atoms with Gasteiger partial charge in [-0.3, -0.25) is 4.31 Å². The molecular weight excluding hydrogens is 440 g/mol. The average Bonchev–Trinajstić information content (AvgIpc) is 2.50. The Bertz CT molecular complexity index is 813. The van der Waals surface area contributed by atoms with Gasteiger partial charge in [-0.1, -0.05) is 46.1 Å². The van der Waals surface area contributed by atoms with Gasteiger partial charge in [-0.25, -0.2) is 12.8 Å². The first-order valence-corrected chi connectivity index (χ1v) is 10.2. The highest BCUT2D eigenvalue weighted by Crippen LogP contribution is 2.30. The first-order chi connectivity index (χ1) is 11.2. The monoisotopic (exact) mass is 453 g/mol. The van der Waals surface area contributed by atoms with E-state index in [1.54, 1.807) is 0 Å². The highest BCUT2D eigenvalue weighted by Gasteiger charge is 2.27. The Morgan fingerprint density at radius 2 is 1.71 bits per heavy atom. The first-order valence-electron chi connectivity index (χ1n) is 7.09. The van der Waals surface area contributed by atoms with Crippen LogP contribution in [0.4, 0.5) is 10.1 Å². The molecule has 2 aromatic rings. The molecule has 2 rings (SSSR count). The molecule has 2 aromatic carbocycles. The van der Waals surface area contributed by atoms with Gasteiger partial charge in [0.05, 0.1) is 10.6 Å². The van der Waals surface area contributed by atoms with E-state index in [1.807, 2.05) is 6.92 Å². The van der Waals surface area contributed by atoms with Crippen molar-refractivity contribution >= 4 is 54.8 Å². The van der Waals surface area contributed by atoms with Crippen LogP contribution in [-0.2, 0) is 10.0 Å². The maximum atomic E-state index is 14.3. The SMILES string of the molecule is C[C@@H](Br)CCN(c1cc(Cl)ccc1F)S(=O)(=O)c1ccc(Cl)cc1. The predicted octanol–water partition coefficient (Wildman–Crippen LogP) is 5.50. The Balaban J connectivity index is 2.52. The van der Waals surface area contributed by atoms with Crippen LogP contribution in [-0.4, -0.2) is 19.8 Å². The van der Waals surface area contributed by atoms with Crippen molar-refractivity contribution in [3.05, 3.63) is 58.3 Å². The van der Waals surface area contributed by atoms with Crippen molar-refractivity contribution in [3.8, 4) is 0 Å². The zero-order valence-electron chi connectivity index (χ0n) is 12.7. The van der Waals surface area contributed by atoms with Gasteiger partial charge in [0.15, 0.2) is 0 Å². The highest BCUT2D eigenvalue weighted by molar-refractivity contribution is 9.09. The van der Waals surface area contributed by atoms with E-state index >= 15 is 0 Å². The summed E-state index contributed by atoms with van der Waals surface area (Å²) in [5, 5.41) is 0.679. The number of anilines is 1. The van der Waals surface area contributed by atoms with E-state index < -0.39 is 15.8 Å². The fourth-order valence-corrected chi connectivity index (χ4v) is 4.05. The molecule has 0 spiro atoms. The van der Waals surface area contributed by atoms with Gasteiger partial charge >= 0.3 is 0 Å². The number of hydrogen-bond acceptors (Lipinski definition) is 2. The molecule has 0 fully saturated rings. The van der Waals surface area contributed by atoms with E-state index in [1.165, 1.54) is 36.4 Å². The van der Waals surface area contributed by atoms with Crippen molar-refractivity contribution in [3.63, 3.8) is 0 Å². The fraction of sp³-hybridized carbons (Fsp3) is 0.250. The number of benzene rings is 2. The van der Waals surface area contributed by atoms with Crippen LogP contribution in [0.5, 0.6) is 0 Å². The average molecular weight is 455 g/mol. The highest BCUT2D eigenvalue weighted by atomic mass is 79.9. The molecule has 3 nitrogen and oxygen atoms in total. The third kappa shape index (κ3) is 4.63. The van der Waals surface area contributed by atoms with Gasteiger partial charge in [0.2, 0.25) is 0 Å². The molecule has 0 saturated heterocycles. The summed E-state index contributed by atoms with van der Waals surface area (Å²) >= 11 is 15.1. The Kier molecular flexibility index (Phi) is 6.53. The van der Waals surface area contributed by atoms with Gasteiger partial charge in [-0.15, -0.1) is 0 Å². The first kappa shape index (κ1) is 19.5. The lowest BCUT2D eigenvalue weighted by atomic mass is 10.3. The molecule has 24 heavy (non-hydrogen) atoms. The zero-order chi connectivity index (χ0) is 17.9. The van der Waals surface area contributed by atoms with Gasteiger partial charge < -0.3 is 0 Å². The summed E-state index contributed by atoms with van der Waals surface area (Å²) in [4.78, 5) is 0.108. The summed E-state index contributed by atoms with van der Waals surface area (Å²) in [7, 11) is -3.95. The second kappa shape index (κ2) is 8.04. The van der Waals surface area contributed by atoms with Gasteiger partial charge in [0, 0.05) is 21.4 Å². The summed E-state index contributed by atoms with van der Waals surface area (Å²) in [5.74, 6) is -0.654. The van der Waals surface area contributed by atoms with Crippen molar-refractivity contribution in [2.24, 2.45) is 0 Å². The lowest BCUT2D eigenvalue weighted by molar-refractivity contribution is 0.583. The van der Waals surface area contributed by atoms with Crippen molar-refractivity contribution in [2.75, 3.05) is 10.8 Å². The Labute approximate surface area is 159 Å². The van der Waals surface area contributed by atoms with Crippen LogP contribution in [0.15, 0.2) is 47.4 Å². The molecular formula is C16H15BrCl2FNO2S. The standard InChI is InChI=1S/C16H15BrCl2FNO2S/c1-11(17)8-9-21(16-10-13(19)4-7-15(16)20)24(22,23)14-5-2-12(18)3-6-14/h2-7,10-11H,8-9H2,1H3/t11-/m1/s1. The van der Waals surface area contributed by atoms with Gasteiger partial charge in [0.25, 0.3) is 10.0 Å². The van der Waals surface area contributed by atoms with E-state index in [9.17, 15) is 12.8 Å². The van der Waals surface area contributed by atoms with Gasteiger partial charge in [-0.2, -0.15) is 0 Å². The number of hydrogen-bond donors (Lipinski definition) is 0. The van der Waals surface area contributed by atoms with E-state index in [-0.39, 0.29) is 27.0 Å². The summed E-state index contributed by atoms with van der Waals surface area (Å²) in [6.45, 7) is 2.00. The molecule has 0 aliphatic carbocycles. The lowest BCUT2D eigenvalue weighted by Gasteiger charge is -2.25. The minimum absolute atomic E-state index is 0.0356. The number of alkyl halides is 1. The largest absolute Gasteiger partial charge is 0.264 e. The molecule has 0 aromatic heterocycles. The second-order valence-electron chi connectivity index (χ2n) is 5.20. The van der Waals surface area contributed by atoms with Crippen molar-refractivity contribution in [2.45, 2.75) is 23.1 Å². The molecule has 0 radical (unpaired) electrons. The van der Waals surface area contributed by atoms with Crippen molar-refractivity contribution < 1.29 is 12.8 Å². The second-order valence-corrected chi connectivity index (χ2v) is 9.49. The minimum atomic E-state index is -3.95. The van der Waals surface area contributed by atoms with Crippen LogP contribution >= 0.6 is 39.1 Å². The predicted molar refractivity (Wildman–Crippen MR) is 100 cm³/mol. The quantitative estimate of drug-likeness (QED) is 0.540. The van der Waals surface area contributed by atoms with Gasteiger partial charge in [0.1, 0.15) is 5.82 Å². The van der Waals surface area contributed by atoms with E-state index in [0.717, 1.165) is 10.4 Å². The number of halogens is 4. The minimum Gasteiger partial charge on any atom is -0.263 e. The van der Waals surface area contributed by atoms with E-state index in [4.69, 9.17) is 23.2 Å². The molecule has 0 bridgehead atoms. The molecule has 0 unspecified atom stereocenters. The van der Waals surface area contributed by atoms with E-state index in [2.05, 4.69) is 15.9 Å². The van der Waals surface area contributed by atoms with E-state index in [0.29, 0.717) is 11.4 Å². The molecule has 0 N–H and O–H groups in total. The van der Waals surface area contributed by atoms with Crippen LogP contribution in [0.1, 0.15) is 13.3 Å². The Morgan fingerprint density at radius 3 is 2.29 bits per heavy atom. The van der Waals surface area contributed by atoms with Gasteiger partial charge in [-0.05, 0) is 48.9 Å². The molecule has 1 atom stereocenters. The topological polar surface area (TPSA) is 37.4 Å². The molecule has 130 valence electrons. The van der Waals surface area contributed by atoms with Crippen LogP contribution < -0.4 is 4.31 Å². The molecule has 8 heteroatoms. The van der Waals surface area contributed by atoms with Crippen LogP contribution in [0.3, 0.4) is 0 Å². The summed E-state index contributed by atoms with van der Waals surface area (Å²) < 4.78 is 41.2. The van der Waals surface area contributed by atoms with Crippen molar-refractivity contribution in [1.82, 2.24) is 0 Å². The number of sulfonamides is 1. The molecule has 0 aliphatic rings. The lowest BCUT2D eigenvalue weighted by Crippen LogP contribution is -2.33. The molecule has 0 saturated carbocycles. The Morgan fingerprint density at radius 1 is 1.12 bits per heavy atom. The molecule has 0 amide bonds. The maximum absolute atomic E-state index is 14.3. The van der Waals surface area contributed by atoms with Crippen LogP contribution in [0.25, 0.3) is 0 Å². The maximum Gasteiger partial charge on any atom is 0.264 e. The fourth-order valence-electron chi connectivity index (χ4n) is 2.08. The number of rotatable bonds is 6. The summed E-state index contributed by atoms with van der Waals surface area (Å²) in [5.41, 5.74) is -0.0781.